The molecule has 1 heterocycles. The molecule has 3 aliphatic rings. The first-order chi connectivity index (χ1) is 14.3. The molecule has 5 heteroatoms. The molecule has 0 aromatic carbocycles. The van der Waals surface area contributed by atoms with Crippen LogP contribution in [-0.2, 0) is 4.74 Å². The summed E-state index contributed by atoms with van der Waals surface area (Å²) in [5.41, 5.74) is 0. The molecule has 1 aliphatic heterocycles. The molecule has 2 atom stereocenters. The molecule has 0 N–H and O–H groups in total. The smallest absolute Gasteiger partial charge is 0.371 e. The van der Waals surface area contributed by atoms with Crippen LogP contribution in [0.15, 0.2) is 11.9 Å². The van der Waals surface area contributed by atoms with Gasteiger partial charge in [0.2, 0.25) is 0 Å². The maximum absolute atomic E-state index is 13.7. The lowest BCUT2D eigenvalue weighted by molar-refractivity contribution is -0.0847. The van der Waals surface area contributed by atoms with Crippen LogP contribution in [0, 0.1) is 29.6 Å². The monoisotopic (exact) mass is 432 g/mol. The highest BCUT2D eigenvalue weighted by atomic mass is 19.4. The summed E-state index contributed by atoms with van der Waals surface area (Å²) in [5, 5.41) is 0. The second-order valence-corrected chi connectivity index (χ2v) is 10.3. The maximum Gasteiger partial charge on any atom is 0.412 e. The third-order valence-corrected chi connectivity index (χ3v) is 8.11. The van der Waals surface area contributed by atoms with Crippen LogP contribution in [0.25, 0.3) is 0 Å². The van der Waals surface area contributed by atoms with Crippen LogP contribution in [0.1, 0.15) is 96.8 Å². The lowest BCUT2D eigenvalue weighted by Crippen LogP contribution is -2.28. The van der Waals surface area contributed by atoms with E-state index in [1.54, 1.807) is 0 Å². The molecule has 3 fully saturated rings. The van der Waals surface area contributed by atoms with Gasteiger partial charge >= 0.3 is 6.18 Å². The number of halogens is 4. The Morgan fingerprint density at radius 1 is 0.767 bits per heavy atom. The van der Waals surface area contributed by atoms with Crippen LogP contribution < -0.4 is 0 Å². The van der Waals surface area contributed by atoms with Gasteiger partial charge in [0.05, 0.1) is 12.7 Å². The van der Waals surface area contributed by atoms with Crippen molar-refractivity contribution < 1.29 is 22.3 Å². The van der Waals surface area contributed by atoms with E-state index in [-0.39, 0.29) is 6.08 Å². The van der Waals surface area contributed by atoms with Gasteiger partial charge in [-0.05, 0) is 74.5 Å². The Balaban J connectivity index is 1.30. The normalized spacial score (nSPS) is 36.6. The average Bonchev–Trinajstić information content (AvgIpc) is 2.73. The van der Waals surface area contributed by atoms with Crippen LogP contribution in [-0.4, -0.2) is 18.9 Å². The molecule has 1 saturated heterocycles. The molecule has 2 saturated carbocycles. The topological polar surface area (TPSA) is 9.23 Å². The van der Waals surface area contributed by atoms with E-state index in [1.807, 2.05) is 0 Å². The van der Waals surface area contributed by atoms with E-state index < -0.39 is 18.1 Å². The number of rotatable bonds is 7. The van der Waals surface area contributed by atoms with Crippen LogP contribution in [0.5, 0.6) is 0 Å². The first-order valence-electron chi connectivity index (χ1n) is 12.4. The van der Waals surface area contributed by atoms with Crippen molar-refractivity contribution in [3.8, 4) is 0 Å². The van der Waals surface area contributed by atoms with Gasteiger partial charge in [-0.15, -0.1) is 0 Å². The van der Waals surface area contributed by atoms with E-state index in [1.165, 1.54) is 70.6 Å². The second kappa shape index (κ2) is 11.3. The minimum absolute atomic E-state index is 0.257. The molecular weight excluding hydrogens is 392 g/mol. The molecule has 0 bridgehead atoms. The second-order valence-electron chi connectivity index (χ2n) is 10.3. The fourth-order valence-electron chi connectivity index (χ4n) is 6.28. The van der Waals surface area contributed by atoms with Crippen molar-refractivity contribution in [1.82, 2.24) is 0 Å². The highest BCUT2D eigenvalue weighted by molar-refractivity contribution is 5.04. The molecule has 30 heavy (non-hydrogen) atoms. The number of ether oxygens (including phenoxy) is 1. The van der Waals surface area contributed by atoms with Gasteiger partial charge in [-0.1, -0.05) is 51.9 Å². The third-order valence-electron chi connectivity index (χ3n) is 8.11. The van der Waals surface area contributed by atoms with Crippen molar-refractivity contribution in [2.45, 2.75) is 109 Å². The van der Waals surface area contributed by atoms with Gasteiger partial charge in [0.25, 0.3) is 0 Å². The minimum Gasteiger partial charge on any atom is -0.371 e. The first kappa shape index (κ1) is 24.1. The van der Waals surface area contributed by atoms with Gasteiger partial charge in [-0.25, -0.2) is 4.39 Å². The molecule has 2 aliphatic carbocycles. The van der Waals surface area contributed by atoms with E-state index in [9.17, 15) is 17.6 Å². The van der Waals surface area contributed by atoms with Crippen LogP contribution >= 0.6 is 0 Å². The molecule has 2 unspecified atom stereocenters. The molecule has 0 aromatic heterocycles. The van der Waals surface area contributed by atoms with E-state index in [0.29, 0.717) is 18.9 Å². The van der Waals surface area contributed by atoms with Crippen molar-refractivity contribution >= 4 is 0 Å². The van der Waals surface area contributed by atoms with Gasteiger partial charge in [0.1, 0.15) is 11.9 Å². The average molecular weight is 433 g/mol. The number of allylic oxidation sites excluding steroid dienone is 1. The first-order valence-corrected chi connectivity index (χ1v) is 12.4. The molecule has 174 valence electrons. The van der Waals surface area contributed by atoms with E-state index in [2.05, 4.69) is 6.92 Å². The Bertz CT molecular complexity index is 520. The van der Waals surface area contributed by atoms with Crippen LogP contribution in [0.4, 0.5) is 17.6 Å². The minimum atomic E-state index is -4.61. The quantitative estimate of drug-likeness (QED) is 0.367. The Kier molecular flexibility index (Phi) is 9.09. The Morgan fingerprint density at radius 3 is 1.73 bits per heavy atom. The summed E-state index contributed by atoms with van der Waals surface area (Å²) in [6, 6.07) is 0. The fourth-order valence-corrected chi connectivity index (χ4v) is 6.28. The zero-order valence-corrected chi connectivity index (χ0v) is 18.6. The van der Waals surface area contributed by atoms with Gasteiger partial charge in [0, 0.05) is 0 Å². The molecule has 0 radical (unpaired) electrons. The molecule has 0 amide bonds. The Morgan fingerprint density at radius 2 is 1.27 bits per heavy atom. The molecule has 3 rings (SSSR count). The predicted octanol–water partition coefficient (Wildman–Crippen LogP) is 8.39. The van der Waals surface area contributed by atoms with Crippen molar-refractivity contribution in [3.63, 3.8) is 0 Å². The van der Waals surface area contributed by atoms with Crippen molar-refractivity contribution in [2.24, 2.45) is 29.6 Å². The third kappa shape index (κ3) is 7.53. The standard InChI is InChI=1S/C25H40F4O/c1-2-3-18-6-11-21(12-7-18)22-13-8-19(9-14-22)4-5-20-10-15-24(30-17-20)23(26)16-25(27,28)29/h16,18-22,24H,2-15,17H2,1H3. The molecular formula is C25H40F4O. The Hall–Kier alpha value is -0.580. The van der Waals surface area contributed by atoms with Gasteiger partial charge < -0.3 is 4.74 Å². The summed E-state index contributed by atoms with van der Waals surface area (Å²) in [7, 11) is 0. The van der Waals surface area contributed by atoms with E-state index in [0.717, 1.165) is 36.5 Å². The number of hydrogen-bond donors (Lipinski definition) is 0. The van der Waals surface area contributed by atoms with Gasteiger partial charge in [-0.2, -0.15) is 13.2 Å². The van der Waals surface area contributed by atoms with Crippen molar-refractivity contribution in [3.05, 3.63) is 11.9 Å². The summed E-state index contributed by atoms with van der Waals surface area (Å²) in [5.74, 6) is 2.86. The van der Waals surface area contributed by atoms with E-state index >= 15 is 0 Å². The zero-order valence-electron chi connectivity index (χ0n) is 18.6. The van der Waals surface area contributed by atoms with Gasteiger partial charge in [-0.3, -0.25) is 0 Å². The lowest BCUT2D eigenvalue weighted by atomic mass is 9.68. The highest BCUT2D eigenvalue weighted by Crippen LogP contribution is 2.43. The number of hydrogen-bond acceptors (Lipinski definition) is 1. The predicted molar refractivity (Wildman–Crippen MR) is 113 cm³/mol. The highest BCUT2D eigenvalue weighted by Gasteiger charge is 2.33. The SMILES string of the molecule is CCCC1CCC(C2CCC(CCC3CCC(C(F)=CC(F)(F)F)OC3)CC2)CC1. The summed E-state index contributed by atoms with van der Waals surface area (Å²) in [4.78, 5) is 0. The van der Waals surface area contributed by atoms with Crippen molar-refractivity contribution in [1.29, 1.82) is 0 Å². The zero-order chi connectivity index (χ0) is 21.6. The lowest BCUT2D eigenvalue weighted by Gasteiger charge is -2.38. The van der Waals surface area contributed by atoms with Crippen molar-refractivity contribution in [2.75, 3.05) is 6.61 Å². The number of alkyl halides is 3. The summed E-state index contributed by atoms with van der Waals surface area (Å²) in [6.45, 7) is 2.69. The van der Waals surface area contributed by atoms with Crippen LogP contribution in [0.3, 0.4) is 0 Å². The van der Waals surface area contributed by atoms with E-state index in [4.69, 9.17) is 4.74 Å². The summed E-state index contributed by atoms with van der Waals surface area (Å²) in [6.07, 6.45) is 11.4. The maximum atomic E-state index is 13.7. The Labute approximate surface area is 180 Å². The largest absolute Gasteiger partial charge is 0.412 e. The molecule has 0 aromatic rings. The molecule has 1 nitrogen and oxygen atoms in total. The summed E-state index contributed by atoms with van der Waals surface area (Å²) >= 11 is 0. The fraction of sp³-hybridized carbons (Fsp3) is 0.920. The summed E-state index contributed by atoms with van der Waals surface area (Å²) < 4.78 is 55.9. The van der Waals surface area contributed by atoms with Gasteiger partial charge in [0.15, 0.2) is 0 Å². The van der Waals surface area contributed by atoms with Crippen LogP contribution in [0.2, 0.25) is 0 Å². The molecule has 0 spiro atoms.